The fourth-order valence-electron chi connectivity index (χ4n) is 1.14. The van der Waals surface area contributed by atoms with Crippen molar-refractivity contribution >= 4 is 23.5 Å². The monoisotopic (exact) mass is 359 g/mol. The van der Waals surface area contributed by atoms with Gasteiger partial charge in [-0.05, 0) is 11.6 Å². The van der Waals surface area contributed by atoms with Crippen LogP contribution in [-0.2, 0) is 38.3 Å². The average molecular weight is 360 g/mol. The molecule has 1 aromatic rings. The van der Waals surface area contributed by atoms with Gasteiger partial charge in [0.25, 0.3) is 0 Å². The van der Waals surface area contributed by atoms with Crippen LogP contribution in [-0.4, -0.2) is 23.3 Å². The van der Waals surface area contributed by atoms with Gasteiger partial charge in [0.1, 0.15) is 0 Å². The van der Waals surface area contributed by atoms with Gasteiger partial charge < -0.3 is 47.0 Å². The van der Waals surface area contributed by atoms with Crippen molar-refractivity contribution in [3.8, 4) is 0 Å². The van der Waals surface area contributed by atoms with E-state index in [2.05, 4.69) is 5.32 Å². The molecule has 0 aliphatic rings. The van der Waals surface area contributed by atoms with E-state index in [9.17, 15) is 24.6 Å². The molecule has 1 aromatic carbocycles. The summed E-state index contributed by atoms with van der Waals surface area (Å²) in [6.07, 6.45) is 0. The largest absolute Gasteiger partial charge is 2.00 e. The van der Waals surface area contributed by atoms with Gasteiger partial charge >= 0.3 is 17.1 Å². The predicted octanol–water partition coefficient (Wildman–Crippen LogP) is -5.22. The van der Waals surface area contributed by atoms with Gasteiger partial charge in [-0.2, -0.15) is 0 Å². The molecule has 12 N–H and O–H groups in total. The van der Waals surface area contributed by atoms with Crippen LogP contribution in [0.5, 0.6) is 0 Å². The summed E-state index contributed by atoms with van der Waals surface area (Å²) in [6.45, 7) is 1.17. The fourth-order valence-corrected chi connectivity index (χ4v) is 1.14. The topological polar surface area (TPSA) is 240 Å². The van der Waals surface area contributed by atoms with E-state index in [4.69, 9.17) is 0 Å². The van der Waals surface area contributed by atoms with E-state index in [1.807, 2.05) is 0 Å². The molecule has 0 aromatic heterocycles. The van der Waals surface area contributed by atoms with Crippen molar-refractivity contribution in [2.75, 3.05) is 5.32 Å². The molecule has 0 saturated heterocycles. The normalized spacial score (nSPS) is 7.29. The van der Waals surface area contributed by atoms with Gasteiger partial charge in [0, 0.05) is 12.5 Å². The van der Waals surface area contributed by atoms with Crippen molar-refractivity contribution in [3.63, 3.8) is 0 Å². The molecule has 21 heavy (non-hydrogen) atoms. The Balaban J connectivity index is -0.000000171. The molecule has 0 bridgehead atoms. The van der Waals surface area contributed by atoms with Gasteiger partial charge in [0.2, 0.25) is 5.91 Å². The molecule has 10 nitrogen and oxygen atoms in total. The van der Waals surface area contributed by atoms with Crippen LogP contribution in [0.15, 0.2) is 18.2 Å². The Morgan fingerprint density at radius 2 is 1.48 bits per heavy atom. The number of amides is 1. The number of carbonyl (C=O) groups is 3. The molecule has 0 unspecified atom stereocenters. The number of benzene rings is 1. The van der Waals surface area contributed by atoms with E-state index in [1.54, 1.807) is 0 Å². The maximum Gasteiger partial charge on any atom is 2.00 e. The third-order valence-corrected chi connectivity index (χ3v) is 1.79. The first-order valence-electron chi connectivity index (χ1n) is 4.26. The SMILES string of the molecule is CC(=O)Nc1cc(C(=O)[O-])ccc1C(=O)[O-].O.[Cu+2].[OH3+].[OH3+].[OH3+]. The van der Waals surface area contributed by atoms with E-state index < -0.39 is 17.8 Å². The molecule has 0 aliphatic heterocycles. The van der Waals surface area contributed by atoms with Gasteiger partial charge in [-0.15, -0.1) is 0 Å². The molecule has 1 radical (unpaired) electrons. The summed E-state index contributed by atoms with van der Waals surface area (Å²) in [6, 6.07) is 3.10. The van der Waals surface area contributed by atoms with Crippen molar-refractivity contribution in [1.82, 2.24) is 0 Å². The Hall–Kier alpha value is -2.01. The van der Waals surface area contributed by atoms with Gasteiger partial charge in [0.15, 0.2) is 0 Å². The van der Waals surface area contributed by atoms with Crippen LogP contribution in [0.3, 0.4) is 0 Å². The zero-order valence-corrected chi connectivity index (χ0v) is 11.7. The standard InChI is InChI=1S/C10H9NO5.Cu.4H2O/c1-5(12)11-8-4-6(9(13)14)2-3-7(8)10(15)16;;;;;/h2-4H,1H3,(H,11,12)(H,13,14)(H,15,16);;4*1H2/q;+2;;;;/p+1. The molecule has 125 valence electrons. The minimum atomic E-state index is -1.51. The molecule has 1 amide bonds. The molecule has 0 atom stereocenters. The molecule has 0 heterocycles. The maximum atomic E-state index is 10.8. The van der Waals surface area contributed by atoms with Crippen molar-refractivity contribution in [1.29, 1.82) is 0 Å². The Bertz CT molecular complexity index is 478. The number of rotatable bonds is 3. The van der Waals surface area contributed by atoms with Crippen LogP contribution in [0.2, 0.25) is 0 Å². The zero-order valence-electron chi connectivity index (χ0n) is 10.8. The number of carbonyl (C=O) groups excluding carboxylic acids is 3. The van der Waals surface area contributed by atoms with Gasteiger partial charge in [-0.25, -0.2) is 0 Å². The smallest absolute Gasteiger partial charge is 0.545 e. The first-order chi connectivity index (χ1) is 7.41. The number of carboxylic acids is 2. The maximum absolute atomic E-state index is 10.8. The van der Waals surface area contributed by atoms with E-state index in [-0.39, 0.29) is 55.8 Å². The molecule has 0 spiro atoms. The number of hydrogen-bond donors (Lipinski definition) is 1. The number of nitrogens with one attached hydrogen (secondary N) is 1. The van der Waals surface area contributed by atoms with Crippen molar-refractivity contribution < 1.29 is 63.6 Å². The zero-order chi connectivity index (χ0) is 12.3. The van der Waals surface area contributed by atoms with E-state index >= 15 is 0 Å². The van der Waals surface area contributed by atoms with Crippen LogP contribution in [0.4, 0.5) is 5.69 Å². The van der Waals surface area contributed by atoms with Crippen LogP contribution in [0.25, 0.3) is 0 Å². The van der Waals surface area contributed by atoms with Crippen molar-refractivity contribution in [2.24, 2.45) is 0 Å². The Kier molecular flexibility index (Phi) is 19.4. The fraction of sp³-hybridized carbons (Fsp3) is 0.100. The van der Waals surface area contributed by atoms with Crippen LogP contribution in [0.1, 0.15) is 27.6 Å². The summed E-state index contributed by atoms with van der Waals surface area (Å²) in [7, 11) is 0. The molecule has 11 heteroatoms. The summed E-state index contributed by atoms with van der Waals surface area (Å²) in [5, 5.41) is 23.4. The van der Waals surface area contributed by atoms with Crippen molar-refractivity contribution in [3.05, 3.63) is 29.3 Å². The summed E-state index contributed by atoms with van der Waals surface area (Å²) in [5.41, 5.74) is -0.650. The summed E-state index contributed by atoms with van der Waals surface area (Å²) in [5.74, 6) is -3.48. The Labute approximate surface area is 129 Å². The third-order valence-electron chi connectivity index (χ3n) is 1.79. The van der Waals surface area contributed by atoms with Gasteiger partial charge in [-0.3, -0.25) is 4.79 Å². The van der Waals surface area contributed by atoms with E-state index in [0.29, 0.717) is 0 Å². The minimum Gasteiger partial charge on any atom is -0.545 e. The van der Waals surface area contributed by atoms with E-state index in [0.717, 1.165) is 18.2 Å². The molecular weight excluding hydrogens is 342 g/mol. The molecule has 0 saturated carbocycles. The second-order valence-corrected chi connectivity index (χ2v) is 3.02. The summed E-state index contributed by atoms with van der Waals surface area (Å²) >= 11 is 0. The summed E-state index contributed by atoms with van der Waals surface area (Å²) in [4.78, 5) is 32.0. The van der Waals surface area contributed by atoms with Crippen LogP contribution < -0.4 is 15.5 Å². The second-order valence-electron chi connectivity index (χ2n) is 3.02. The Morgan fingerprint density at radius 3 is 1.81 bits per heavy atom. The van der Waals surface area contributed by atoms with Crippen LogP contribution in [0, 0.1) is 0 Å². The molecule has 1 rings (SSSR count). The molecule has 0 aliphatic carbocycles. The number of anilines is 1. The second kappa shape index (κ2) is 13.0. The van der Waals surface area contributed by atoms with Crippen molar-refractivity contribution in [2.45, 2.75) is 6.92 Å². The molecule has 0 fully saturated rings. The third kappa shape index (κ3) is 8.70. The van der Waals surface area contributed by atoms with Gasteiger partial charge in [-0.1, -0.05) is 12.1 Å². The number of carboxylic acid groups (broad SMARTS) is 2. The number of hydrogen-bond acceptors (Lipinski definition) is 5. The predicted molar refractivity (Wildman–Crippen MR) is 67.6 cm³/mol. The van der Waals surface area contributed by atoms with E-state index in [1.165, 1.54) is 6.92 Å². The first kappa shape index (κ1) is 31.4. The minimum absolute atomic E-state index is 0. The summed E-state index contributed by atoms with van der Waals surface area (Å²) < 4.78 is 0. The van der Waals surface area contributed by atoms with Gasteiger partial charge in [0.05, 0.1) is 17.6 Å². The Morgan fingerprint density at radius 1 is 1.00 bits per heavy atom. The quantitative estimate of drug-likeness (QED) is 0.409. The first-order valence-corrected chi connectivity index (χ1v) is 4.26. The number of aromatic carboxylic acids is 2. The average Bonchev–Trinajstić information content (AvgIpc) is 2.15. The van der Waals surface area contributed by atoms with Crippen LogP contribution >= 0.6 is 0 Å². The molecular formula is C10H18CuNO9+3.